The first-order chi connectivity index (χ1) is 16.0. The molecule has 0 atom stereocenters. The minimum Gasteiger partial charge on any atom is -0.386 e. The number of anilines is 2. The van der Waals surface area contributed by atoms with Crippen LogP contribution in [0.4, 0.5) is 24.0 Å². The smallest absolute Gasteiger partial charge is 0.251 e. The number of pyridine rings is 1. The van der Waals surface area contributed by atoms with Crippen LogP contribution in [0.15, 0.2) is 36.4 Å². The summed E-state index contributed by atoms with van der Waals surface area (Å²) < 4.78 is 53.6. The van der Waals surface area contributed by atoms with Gasteiger partial charge in [-0.2, -0.15) is 0 Å². The van der Waals surface area contributed by atoms with Crippen LogP contribution in [0.5, 0.6) is 0 Å². The Morgan fingerprint density at radius 2 is 1.79 bits per heavy atom. The topological polar surface area (TPSA) is 107 Å². The first kappa shape index (κ1) is 25.6. The van der Waals surface area contributed by atoms with Crippen molar-refractivity contribution in [1.82, 2.24) is 4.98 Å². The number of ether oxygens (including phenoxy) is 2. The average molecular weight is 496 g/mol. The number of benzene rings is 1. The van der Waals surface area contributed by atoms with Gasteiger partial charge < -0.3 is 25.6 Å². The molecule has 3 aromatic rings. The van der Waals surface area contributed by atoms with Gasteiger partial charge in [0.05, 0.1) is 16.7 Å². The molecule has 0 spiro atoms. The summed E-state index contributed by atoms with van der Waals surface area (Å²) in [5.41, 5.74) is 3.83. The molecule has 34 heavy (non-hydrogen) atoms. The fourth-order valence-electron chi connectivity index (χ4n) is 3.25. The van der Waals surface area contributed by atoms with Gasteiger partial charge in [-0.3, -0.25) is 4.79 Å². The standard InChI is InChI=1S/C23H24F3N3O4S/c1-22(2,31)12-8-14(25)19(15(26)9-12)16-10-13(20(27)30)21(34-16)29-18-7-5-6-17(28-18)23(11-24,32-3)33-4/h5-10,31H,11H2,1-4H3,(H2,27,30)(H,28,29). The number of aliphatic hydroxyl groups is 1. The Labute approximate surface area is 198 Å². The van der Waals surface area contributed by atoms with Crippen LogP contribution in [0.2, 0.25) is 0 Å². The van der Waals surface area contributed by atoms with Crippen molar-refractivity contribution in [2.75, 3.05) is 26.2 Å². The fraction of sp³-hybridized carbons (Fsp3) is 0.304. The van der Waals surface area contributed by atoms with Crippen molar-refractivity contribution in [3.63, 3.8) is 0 Å². The van der Waals surface area contributed by atoms with E-state index in [1.165, 1.54) is 40.2 Å². The van der Waals surface area contributed by atoms with Crippen molar-refractivity contribution in [3.8, 4) is 10.4 Å². The lowest BCUT2D eigenvalue weighted by Crippen LogP contribution is -2.34. The molecular weight excluding hydrogens is 471 g/mol. The van der Waals surface area contributed by atoms with Gasteiger partial charge in [-0.15, -0.1) is 11.3 Å². The Balaban J connectivity index is 2.05. The van der Waals surface area contributed by atoms with Gasteiger partial charge in [0.15, 0.2) is 0 Å². The van der Waals surface area contributed by atoms with E-state index >= 15 is 0 Å². The molecule has 0 aliphatic rings. The van der Waals surface area contributed by atoms with E-state index in [0.717, 1.165) is 23.5 Å². The van der Waals surface area contributed by atoms with E-state index in [1.54, 1.807) is 12.1 Å². The lowest BCUT2D eigenvalue weighted by Gasteiger charge is -2.27. The van der Waals surface area contributed by atoms with Crippen molar-refractivity contribution in [3.05, 3.63) is 64.9 Å². The number of thiophene rings is 1. The highest BCUT2D eigenvalue weighted by Crippen LogP contribution is 2.40. The zero-order valence-corrected chi connectivity index (χ0v) is 19.7. The third-order valence-corrected chi connectivity index (χ3v) is 6.28. The van der Waals surface area contributed by atoms with Crippen LogP contribution in [-0.2, 0) is 20.9 Å². The minimum atomic E-state index is -1.72. The Kier molecular flexibility index (Phi) is 7.32. The number of halogens is 3. The van der Waals surface area contributed by atoms with Gasteiger partial charge in [-0.25, -0.2) is 18.2 Å². The number of carbonyl (C=O) groups excluding carboxylic acids is 1. The highest BCUT2D eigenvalue weighted by atomic mass is 32.1. The fourth-order valence-corrected chi connectivity index (χ4v) is 4.37. The van der Waals surface area contributed by atoms with Gasteiger partial charge in [0.1, 0.15) is 34.8 Å². The molecule has 182 valence electrons. The van der Waals surface area contributed by atoms with Gasteiger partial charge in [-0.1, -0.05) is 6.07 Å². The summed E-state index contributed by atoms with van der Waals surface area (Å²) in [6.45, 7) is 1.81. The summed E-state index contributed by atoms with van der Waals surface area (Å²) in [7, 11) is 2.54. The average Bonchev–Trinajstić information content (AvgIpc) is 3.18. The van der Waals surface area contributed by atoms with Gasteiger partial charge in [0.25, 0.3) is 5.91 Å². The lowest BCUT2D eigenvalue weighted by molar-refractivity contribution is -0.226. The van der Waals surface area contributed by atoms with E-state index in [1.807, 2.05) is 0 Å². The molecule has 4 N–H and O–H groups in total. The molecule has 1 aromatic carbocycles. The molecule has 0 fully saturated rings. The molecule has 0 aliphatic carbocycles. The quantitative estimate of drug-likeness (QED) is 0.376. The normalized spacial score (nSPS) is 12.1. The number of alkyl halides is 1. The molecule has 1 amide bonds. The highest BCUT2D eigenvalue weighted by Gasteiger charge is 2.34. The van der Waals surface area contributed by atoms with E-state index in [-0.39, 0.29) is 38.1 Å². The molecule has 11 heteroatoms. The second-order valence-electron chi connectivity index (χ2n) is 7.92. The van der Waals surface area contributed by atoms with Crippen LogP contribution in [0, 0.1) is 11.6 Å². The highest BCUT2D eigenvalue weighted by molar-refractivity contribution is 7.20. The Bertz CT molecular complexity index is 1180. The summed E-state index contributed by atoms with van der Waals surface area (Å²) >= 11 is 0.877. The summed E-state index contributed by atoms with van der Waals surface area (Å²) in [4.78, 5) is 16.4. The number of nitrogens with two attached hydrogens (primary N) is 1. The van der Waals surface area contributed by atoms with Gasteiger partial charge in [0.2, 0.25) is 5.79 Å². The van der Waals surface area contributed by atoms with Crippen LogP contribution in [0.1, 0.15) is 35.5 Å². The zero-order valence-electron chi connectivity index (χ0n) is 18.9. The zero-order chi connectivity index (χ0) is 25.3. The number of hydrogen-bond acceptors (Lipinski definition) is 7. The maximum Gasteiger partial charge on any atom is 0.251 e. The van der Waals surface area contributed by atoms with Crippen molar-refractivity contribution in [2.45, 2.75) is 25.2 Å². The molecule has 0 bridgehead atoms. The Morgan fingerprint density at radius 1 is 1.18 bits per heavy atom. The number of primary amides is 1. The van der Waals surface area contributed by atoms with Crippen LogP contribution < -0.4 is 11.1 Å². The predicted molar refractivity (Wildman–Crippen MR) is 123 cm³/mol. The number of methoxy groups -OCH3 is 2. The first-order valence-corrected chi connectivity index (χ1v) is 10.8. The van der Waals surface area contributed by atoms with Crippen LogP contribution in [0.25, 0.3) is 10.4 Å². The van der Waals surface area contributed by atoms with Crippen molar-refractivity contribution in [2.24, 2.45) is 5.73 Å². The second-order valence-corrected chi connectivity index (χ2v) is 8.97. The summed E-state index contributed by atoms with van der Waals surface area (Å²) in [6.07, 6.45) is 0. The van der Waals surface area contributed by atoms with E-state index in [4.69, 9.17) is 15.2 Å². The summed E-state index contributed by atoms with van der Waals surface area (Å²) in [6, 6.07) is 7.95. The molecule has 0 saturated carbocycles. The molecule has 0 unspecified atom stereocenters. The van der Waals surface area contributed by atoms with Gasteiger partial charge in [-0.05, 0) is 49.7 Å². The Morgan fingerprint density at radius 3 is 2.29 bits per heavy atom. The number of carbonyl (C=O) groups is 1. The maximum atomic E-state index is 14.8. The van der Waals surface area contributed by atoms with Crippen LogP contribution in [-0.4, -0.2) is 36.9 Å². The van der Waals surface area contributed by atoms with Gasteiger partial charge >= 0.3 is 0 Å². The number of nitrogens with one attached hydrogen (secondary N) is 1. The molecule has 3 rings (SSSR count). The van der Waals surface area contributed by atoms with Crippen molar-refractivity contribution >= 4 is 28.1 Å². The molecule has 0 radical (unpaired) electrons. The molecule has 2 heterocycles. The van der Waals surface area contributed by atoms with Gasteiger partial charge in [0, 0.05) is 19.1 Å². The maximum absolute atomic E-state index is 14.8. The monoisotopic (exact) mass is 495 g/mol. The van der Waals surface area contributed by atoms with Crippen molar-refractivity contribution < 1.29 is 32.5 Å². The largest absolute Gasteiger partial charge is 0.386 e. The second kappa shape index (κ2) is 9.71. The van der Waals surface area contributed by atoms with E-state index in [0.29, 0.717) is 0 Å². The number of amides is 1. The third kappa shape index (κ3) is 4.92. The minimum absolute atomic E-state index is 0.0206. The third-order valence-electron chi connectivity index (χ3n) is 5.21. The van der Waals surface area contributed by atoms with Crippen molar-refractivity contribution in [1.29, 1.82) is 0 Å². The van der Waals surface area contributed by atoms with Crippen LogP contribution >= 0.6 is 11.3 Å². The van der Waals surface area contributed by atoms with Crippen LogP contribution in [0.3, 0.4) is 0 Å². The number of rotatable bonds is 9. The molecule has 2 aromatic heterocycles. The Hall–Kier alpha value is -2.99. The summed E-state index contributed by atoms with van der Waals surface area (Å²) in [5, 5.41) is 13.1. The molecular formula is C23H24F3N3O4S. The van der Waals surface area contributed by atoms with E-state index < -0.39 is 35.6 Å². The number of aromatic nitrogens is 1. The molecule has 0 aliphatic heterocycles. The first-order valence-electron chi connectivity index (χ1n) is 10.0. The van der Waals surface area contributed by atoms with E-state index in [2.05, 4.69) is 10.3 Å². The number of nitrogens with zero attached hydrogens (tertiary/aromatic N) is 1. The SMILES string of the molecule is COC(CF)(OC)c1cccc(Nc2sc(-c3c(F)cc(C(C)(C)O)cc3F)cc2C(N)=O)n1. The summed E-state index contributed by atoms with van der Waals surface area (Å²) in [5.74, 6) is -4.18. The molecule has 0 saturated heterocycles. The van der Waals surface area contributed by atoms with E-state index in [9.17, 15) is 23.1 Å². The predicted octanol–water partition coefficient (Wildman–Crippen LogP) is 4.57. The lowest BCUT2D eigenvalue weighted by atomic mass is 9.96. The number of hydrogen-bond donors (Lipinski definition) is 3. The molecule has 7 nitrogen and oxygen atoms in total.